The fourth-order valence-corrected chi connectivity index (χ4v) is 4.89. The number of carbonyl (C=O) groups excluding carboxylic acids is 1. The quantitative estimate of drug-likeness (QED) is 0.625. The molecule has 1 saturated heterocycles. The molecule has 0 spiro atoms. The molecule has 1 amide bonds. The summed E-state index contributed by atoms with van der Waals surface area (Å²) in [4.78, 5) is 24.5. The molecule has 0 radical (unpaired) electrons. The molecule has 4 N–H and O–H groups in total. The predicted octanol–water partition coefficient (Wildman–Crippen LogP) is 0.233. The van der Waals surface area contributed by atoms with Crippen molar-refractivity contribution >= 4 is 35.4 Å². The maximum atomic E-state index is 11.9. The van der Waals surface area contributed by atoms with Crippen LogP contribution in [0.3, 0.4) is 0 Å². The molecule has 4 atom stereocenters. The summed E-state index contributed by atoms with van der Waals surface area (Å²) in [5.41, 5.74) is 5.69. The number of amides is 1. The van der Waals surface area contributed by atoms with Crippen LogP contribution in [0.15, 0.2) is 9.93 Å². The Balaban J connectivity index is 2.19. The van der Waals surface area contributed by atoms with Crippen molar-refractivity contribution in [3.05, 3.63) is 9.93 Å². The van der Waals surface area contributed by atoms with E-state index in [1.807, 2.05) is 6.92 Å². The molecule has 3 unspecified atom stereocenters. The van der Waals surface area contributed by atoms with Crippen LogP contribution in [-0.4, -0.2) is 50.3 Å². The summed E-state index contributed by atoms with van der Waals surface area (Å²) < 4.78 is 0.603. The normalized spacial score (nSPS) is 29.1. The zero-order valence-electron chi connectivity index (χ0n) is 10.6. The van der Waals surface area contributed by atoms with Crippen molar-refractivity contribution in [2.45, 2.75) is 31.4 Å². The van der Waals surface area contributed by atoms with E-state index in [9.17, 15) is 19.8 Å². The average molecular weight is 304 g/mol. The van der Waals surface area contributed by atoms with Gasteiger partial charge in [0.2, 0.25) is 5.91 Å². The summed E-state index contributed by atoms with van der Waals surface area (Å²) in [7, 11) is 0. The first-order valence-electron chi connectivity index (χ1n) is 5.88. The number of aliphatic carboxylic acids is 1. The van der Waals surface area contributed by atoms with E-state index < -0.39 is 18.0 Å². The van der Waals surface area contributed by atoms with Gasteiger partial charge in [0.15, 0.2) is 5.70 Å². The van der Waals surface area contributed by atoms with Crippen LogP contribution in [0.1, 0.15) is 13.8 Å². The van der Waals surface area contributed by atoms with Crippen LogP contribution >= 0.6 is 23.5 Å². The number of rotatable bonds is 5. The molecule has 0 aliphatic carbocycles. The van der Waals surface area contributed by atoms with Gasteiger partial charge in [-0.2, -0.15) is 0 Å². The number of aliphatic hydroxyl groups is 1. The highest BCUT2D eigenvalue weighted by atomic mass is 32.2. The number of nitrogens with zero attached hydrogens (tertiary/aromatic N) is 1. The van der Waals surface area contributed by atoms with Crippen molar-refractivity contribution in [2.75, 3.05) is 5.75 Å². The van der Waals surface area contributed by atoms with Gasteiger partial charge in [-0.1, -0.05) is 11.8 Å². The summed E-state index contributed by atoms with van der Waals surface area (Å²) in [6.45, 7) is 3.39. The highest BCUT2D eigenvalue weighted by molar-refractivity contribution is 8.22. The Morgan fingerprint density at radius 3 is 2.68 bits per heavy atom. The third-order valence-electron chi connectivity index (χ3n) is 2.95. The zero-order valence-corrected chi connectivity index (χ0v) is 12.2. The van der Waals surface area contributed by atoms with Gasteiger partial charge in [-0.25, -0.2) is 4.79 Å². The minimum absolute atomic E-state index is 0.0301. The molecular weight excluding hydrogens is 288 g/mol. The topological polar surface area (TPSA) is 104 Å². The molecule has 8 heteroatoms. The van der Waals surface area contributed by atoms with Crippen LogP contribution in [0, 0.1) is 5.92 Å². The predicted molar refractivity (Wildman–Crippen MR) is 74.2 cm³/mol. The Labute approximate surface area is 119 Å². The number of nitrogens with two attached hydrogens (primary N) is 1. The molecule has 0 aromatic rings. The van der Waals surface area contributed by atoms with E-state index in [1.165, 1.54) is 28.4 Å². The zero-order chi connectivity index (χ0) is 14.3. The van der Waals surface area contributed by atoms with Crippen LogP contribution in [-0.2, 0) is 9.59 Å². The largest absolute Gasteiger partial charge is 0.477 e. The number of hydrogen-bond donors (Lipinski definition) is 3. The van der Waals surface area contributed by atoms with Crippen LogP contribution in [0.4, 0.5) is 0 Å². The molecule has 2 rings (SSSR count). The van der Waals surface area contributed by atoms with Gasteiger partial charge in [-0.15, -0.1) is 11.8 Å². The van der Waals surface area contributed by atoms with E-state index in [0.717, 1.165) is 0 Å². The molecule has 0 aromatic carbocycles. The standard InChI is InChI=1S/C11H16N2O4S2/c1-4(12)3-18-11-7(10(16)17)13-8(15)6(5(2)14)9(13)19-11/h4-6,9,14H,3,12H2,1-2H3,(H,16,17)/t4?,5?,6?,9-/m1/s1. The number of aliphatic hydroxyl groups excluding tert-OH is 1. The number of thioether (sulfide) groups is 2. The molecule has 0 aromatic heterocycles. The molecule has 19 heavy (non-hydrogen) atoms. The Kier molecular flexibility index (Phi) is 4.14. The molecule has 1 fully saturated rings. The summed E-state index contributed by atoms with van der Waals surface area (Å²) in [6, 6.07) is -0.0512. The lowest BCUT2D eigenvalue weighted by atomic mass is 9.92. The third kappa shape index (κ3) is 2.49. The first-order valence-corrected chi connectivity index (χ1v) is 7.74. The summed E-state index contributed by atoms with van der Waals surface area (Å²) in [6.07, 6.45) is -0.769. The fourth-order valence-electron chi connectivity index (χ4n) is 2.06. The monoisotopic (exact) mass is 304 g/mol. The van der Waals surface area contributed by atoms with Crippen molar-refractivity contribution < 1.29 is 19.8 Å². The highest BCUT2D eigenvalue weighted by Crippen LogP contribution is 2.53. The number of carbonyl (C=O) groups is 2. The molecule has 106 valence electrons. The SMILES string of the molecule is CC(N)CSC1=C(C(=O)O)N2C(=O)C(C(C)O)[C@H]2S1. The Hall–Kier alpha value is -0.700. The van der Waals surface area contributed by atoms with Gasteiger partial charge in [0.25, 0.3) is 0 Å². The molecule has 6 nitrogen and oxygen atoms in total. The van der Waals surface area contributed by atoms with Gasteiger partial charge in [-0.05, 0) is 13.8 Å². The minimum atomic E-state index is -1.11. The maximum Gasteiger partial charge on any atom is 0.354 e. The molecule has 0 saturated carbocycles. The van der Waals surface area contributed by atoms with Crippen molar-refractivity contribution in [2.24, 2.45) is 11.7 Å². The van der Waals surface area contributed by atoms with Gasteiger partial charge in [-0.3, -0.25) is 9.69 Å². The molecule has 2 aliphatic heterocycles. The maximum absolute atomic E-state index is 11.9. The lowest BCUT2D eigenvalue weighted by Crippen LogP contribution is -2.60. The Morgan fingerprint density at radius 1 is 1.58 bits per heavy atom. The number of β-lactam (4-membered cyclic amide) rings is 1. The van der Waals surface area contributed by atoms with E-state index >= 15 is 0 Å². The first-order chi connectivity index (χ1) is 8.84. The Morgan fingerprint density at radius 2 is 2.21 bits per heavy atom. The van der Waals surface area contributed by atoms with Gasteiger partial charge in [0, 0.05) is 11.8 Å². The second-order valence-corrected chi connectivity index (χ2v) is 7.13. The molecular formula is C11H16N2O4S2. The minimum Gasteiger partial charge on any atom is -0.477 e. The van der Waals surface area contributed by atoms with Crippen LogP contribution < -0.4 is 5.73 Å². The van der Waals surface area contributed by atoms with Crippen LogP contribution in [0.5, 0.6) is 0 Å². The average Bonchev–Trinajstić information content (AvgIpc) is 2.60. The Bertz CT molecular complexity index is 450. The van der Waals surface area contributed by atoms with Gasteiger partial charge in [0.1, 0.15) is 5.37 Å². The fraction of sp³-hybridized carbons (Fsp3) is 0.636. The summed E-state index contributed by atoms with van der Waals surface area (Å²) in [5.74, 6) is -1.36. The van der Waals surface area contributed by atoms with Gasteiger partial charge >= 0.3 is 5.97 Å². The molecule has 2 heterocycles. The smallest absolute Gasteiger partial charge is 0.354 e. The van der Waals surface area contributed by atoms with Crippen molar-refractivity contribution in [3.63, 3.8) is 0 Å². The van der Waals surface area contributed by atoms with Gasteiger partial charge < -0.3 is 15.9 Å². The van der Waals surface area contributed by atoms with Crippen LogP contribution in [0.2, 0.25) is 0 Å². The summed E-state index contributed by atoms with van der Waals surface area (Å²) >= 11 is 2.68. The van der Waals surface area contributed by atoms with Crippen molar-refractivity contribution in [3.8, 4) is 0 Å². The van der Waals surface area contributed by atoms with Crippen molar-refractivity contribution in [1.29, 1.82) is 0 Å². The van der Waals surface area contributed by atoms with E-state index in [2.05, 4.69) is 0 Å². The summed E-state index contributed by atoms with van der Waals surface area (Å²) in [5, 5.41) is 18.5. The third-order valence-corrected chi connectivity index (χ3v) is 5.89. The van der Waals surface area contributed by atoms with Crippen molar-refractivity contribution in [1.82, 2.24) is 4.90 Å². The van der Waals surface area contributed by atoms with Crippen LogP contribution in [0.25, 0.3) is 0 Å². The van der Waals surface area contributed by atoms with E-state index in [0.29, 0.717) is 9.99 Å². The number of carboxylic acids is 1. The number of carboxylic acid groups (broad SMARTS) is 1. The van der Waals surface area contributed by atoms with E-state index in [-0.39, 0.29) is 23.0 Å². The van der Waals surface area contributed by atoms with E-state index in [1.54, 1.807) is 6.92 Å². The lowest BCUT2D eigenvalue weighted by molar-refractivity contribution is -0.156. The number of hydrogen-bond acceptors (Lipinski definition) is 6. The second kappa shape index (κ2) is 5.35. The first kappa shape index (κ1) is 14.7. The highest BCUT2D eigenvalue weighted by Gasteiger charge is 2.57. The molecule has 2 aliphatic rings. The lowest BCUT2D eigenvalue weighted by Gasteiger charge is -2.43. The van der Waals surface area contributed by atoms with E-state index in [4.69, 9.17) is 5.73 Å². The molecule has 0 bridgehead atoms. The number of fused-ring (bicyclic) bond motifs is 1. The second-order valence-electron chi connectivity index (χ2n) is 4.71. The van der Waals surface area contributed by atoms with Gasteiger partial charge in [0.05, 0.1) is 16.3 Å².